The van der Waals surface area contributed by atoms with Crippen LogP contribution >= 0.6 is 11.6 Å². The van der Waals surface area contributed by atoms with Gasteiger partial charge in [-0.15, -0.1) is 0 Å². The maximum Gasteiger partial charge on any atom is 0.0991 e. The second-order valence-electron chi connectivity index (χ2n) is 4.66. The quantitative estimate of drug-likeness (QED) is 0.748. The van der Waals surface area contributed by atoms with Crippen LogP contribution in [0.2, 0.25) is 0 Å². The lowest BCUT2D eigenvalue weighted by molar-refractivity contribution is 0.376. The van der Waals surface area contributed by atoms with Gasteiger partial charge in [-0.05, 0) is 55.2 Å². The Morgan fingerprint density at radius 1 is 1.12 bits per heavy atom. The van der Waals surface area contributed by atoms with Crippen molar-refractivity contribution in [1.82, 2.24) is 0 Å². The van der Waals surface area contributed by atoms with Gasteiger partial charge in [0, 0.05) is 5.54 Å². The van der Waals surface area contributed by atoms with Gasteiger partial charge in [-0.25, -0.2) is 0 Å². The Morgan fingerprint density at radius 3 is 2.29 bits per heavy atom. The highest BCUT2D eigenvalue weighted by atomic mass is 35.5. The second-order valence-corrected chi connectivity index (χ2v) is 4.92. The summed E-state index contributed by atoms with van der Waals surface area (Å²) in [5, 5.41) is 8.76. The minimum absolute atomic E-state index is 0.655. The van der Waals surface area contributed by atoms with Gasteiger partial charge in [-0.3, -0.25) is 0 Å². The van der Waals surface area contributed by atoms with E-state index in [1.165, 1.54) is 31.2 Å². The Hall–Kier alpha value is -1.26. The van der Waals surface area contributed by atoms with Gasteiger partial charge in [0.05, 0.1) is 11.6 Å². The highest BCUT2D eigenvalue weighted by molar-refractivity contribution is 6.25. The minimum atomic E-state index is 0.655. The third kappa shape index (κ3) is 3.11. The topological polar surface area (TPSA) is 23.8 Å². The Balaban J connectivity index is 1.98. The van der Waals surface area contributed by atoms with Gasteiger partial charge in [0.15, 0.2) is 0 Å². The Kier molecular flexibility index (Phi) is 4.23. The van der Waals surface area contributed by atoms with Gasteiger partial charge in [0.25, 0.3) is 0 Å². The molecule has 1 aliphatic rings. The van der Waals surface area contributed by atoms with E-state index in [-0.39, 0.29) is 0 Å². The monoisotopic (exact) mass is 245 g/mol. The van der Waals surface area contributed by atoms with Crippen LogP contribution in [0.3, 0.4) is 0 Å². The summed E-state index contributed by atoms with van der Waals surface area (Å²) in [6, 6.07) is 10.2. The van der Waals surface area contributed by atoms with Crippen LogP contribution in [0.25, 0.3) is 0 Å². The molecule has 0 amide bonds. The fraction of sp³-hybridized carbons (Fsp3) is 0.400. The molecule has 0 atom stereocenters. The van der Waals surface area contributed by atoms with Crippen molar-refractivity contribution in [3.63, 3.8) is 0 Å². The van der Waals surface area contributed by atoms with Crippen LogP contribution in [-0.2, 0) is 0 Å². The van der Waals surface area contributed by atoms with Crippen molar-refractivity contribution in [2.75, 3.05) is 0 Å². The van der Waals surface area contributed by atoms with Crippen molar-refractivity contribution < 1.29 is 0 Å². The average Bonchev–Trinajstić information content (AvgIpc) is 2.40. The zero-order valence-electron chi connectivity index (χ0n) is 9.77. The lowest BCUT2D eigenvalue weighted by Crippen LogP contribution is -2.11. The molecule has 0 aliphatic heterocycles. The average molecular weight is 246 g/mol. The van der Waals surface area contributed by atoms with Crippen molar-refractivity contribution >= 4 is 11.6 Å². The Bertz CT molecular complexity index is 419. The van der Waals surface area contributed by atoms with Gasteiger partial charge < -0.3 is 0 Å². The molecule has 0 N–H and O–H groups in total. The van der Waals surface area contributed by atoms with E-state index in [0.717, 1.165) is 5.56 Å². The Morgan fingerprint density at radius 2 is 1.76 bits per heavy atom. The normalized spacial score (nSPS) is 24.7. The minimum Gasteiger partial charge on any atom is -0.192 e. The summed E-state index contributed by atoms with van der Waals surface area (Å²) in [4.78, 5) is 0. The molecule has 1 aromatic carbocycles. The zero-order chi connectivity index (χ0) is 12.1. The number of allylic oxidation sites excluding steroid dienone is 1. The van der Waals surface area contributed by atoms with Crippen molar-refractivity contribution in [1.29, 1.82) is 5.26 Å². The zero-order valence-corrected chi connectivity index (χ0v) is 10.5. The van der Waals surface area contributed by atoms with Crippen molar-refractivity contribution in [2.45, 2.75) is 31.6 Å². The van der Waals surface area contributed by atoms with E-state index in [2.05, 4.69) is 24.3 Å². The highest BCUT2D eigenvalue weighted by Gasteiger charge is 2.20. The number of rotatable bonds is 2. The molecule has 1 fully saturated rings. The molecule has 0 spiro atoms. The number of benzene rings is 1. The maximum atomic E-state index is 8.76. The predicted octanol–water partition coefficient (Wildman–Crippen LogP) is 4.58. The molecule has 17 heavy (non-hydrogen) atoms. The fourth-order valence-corrected chi connectivity index (χ4v) is 2.78. The molecular weight excluding hydrogens is 230 g/mol. The van der Waals surface area contributed by atoms with E-state index in [1.54, 1.807) is 5.54 Å². The van der Waals surface area contributed by atoms with Gasteiger partial charge in [-0.2, -0.15) is 5.26 Å². The molecule has 1 saturated carbocycles. The van der Waals surface area contributed by atoms with Crippen molar-refractivity contribution in [3.05, 3.63) is 47.0 Å². The van der Waals surface area contributed by atoms with Crippen LogP contribution in [0.1, 0.15) is 42.7 Å². The number of hydrogen-bond donors (Lipinski definition) is 0. The van der Waals surface area contributed by atoms with Crippen molar-refractivity contribution in [2.24, 2.45) is 5.92 Å². The van der Waals surface area contributed by atoms with Crippen LogP contribution < -0.4 is 0 Å². The first-order valence-electron chi connectivity index (χ1n) is 6.10. The van der Waals surface area contributed by atoms with E-state index in [9.17, 15) is 0 Å². The van der Waals surface area contributed by atoms with Crippen LogP contribution in [0, 0.1) is 17.2 Å². The highest BCUT2D eigenvalue weighted by Crippen LogP contribution is 2.36. The van der Waals surface area contributed by atoms with Gasteiger partial charge >= 0.3 is 0 Å². The van der Waals surface area contributed by atoms with E-state index >= 15 is 0 Å². The largest absolute Gasteiger partial charge is 0.192 e. The smallest absolute Gasteiger partial charge is 0.0991 e. The molecular formula is C15H16ClN. The van der Waals surface area contributed by atoms with E-state index in [4.69, 9.17) is 16.9 Å². The van der Waals surface area contributed by atoms with Crippen molar-refractivity contribution in [3.8, 4) is 6.07 Å². The molecule has 88 valence electrons. The summed E-state index contributed by atoms with van der Waals surface area (Å²) >= 11 is 5.61. The van der Waals surface area contributed by atoms with E-state index in [0.29, 0.717) is 11.8 Å². The number of nitrogens with zero attached hydrogens (tertiary/aromatic N) is 1. The van der Waals surface area contributed by atoms with Gasteiger partial charge in [-0.1, -0.05) is 29.8 Å². The Labute approximate surface area is 108 Å². The summed E-state index contributed by atoms with van der Waals surface area (Å²) in [5.74, 6) is 1.31. The molecule has 2 heteroatoms. The molecule has 0 aromatic heterocycles. The first-order chi connectivity index (χ1) is 8.33. The maximum absolute atomic E-state index is 8.76. The second kappa shape index (κ2) is 5.89. The number of halogens is 1. The summed E-state index contributed by atoms with van der Waals surface area (Å²) in [7, 11) is 0. The summed E-state index contributed by atoms with van der Waals surface area (Å²) < 4.78 is 0. The molecule has 0 unspecified atom stereocenters. The molecule has 0 bridgehead atoms. The SMILES string of the molecule is N#Cc1ccc(C2CCC(C=CCl)CC2)cc1. The number of hydrogen-bond acceptors (Lipinski definition) is 1. The molecule has 1 nitrogen and oxygen atoms in total. The molecule has 0 heterocycles. The molecule has 0 radical (unpaired) electrons. The molecule has 2 rings (SSSR count). The summed E-state index contributed by atoms with van der Waals surface area (Å²) in [6.07, 6.45) is 6.98. The van der Waals surface area contributed by atoms with Crippen LogP contribution in [-0.4, -0.2) is 0 Å². The lowest BCUT2D eigenvalue weighted by Gasteiger charge is -2.26. The van der Waals surface area contributed by atoms with Gasteiger partial charge in [0.2, 0.25) is 0 Å². The van der Waals surface area contributed by atoms with Gasteiger partial charge in [0.1, 0.15) is 0 Å². The number of nitriles is 1. The van der Waals surface area contributed by atoms with E-state index < -0.39 is 0 Å². The van der Waals surface area contributed by atoms with Crippen LogP contribution in [0.5, 0.6) is 0 Å². The summed E-state index contributed by atoms with van der Waals surface area (Å²) in [6.45, 7) is 0. The first kappa shape index (κ1) is 12.2. The third-order valence-electron chi connectivity index (χ3n) is 3.63. The lowest BCUT2D eigenvalue weighted by atomic mass is 9.79. The first-order valence-corrected chi connectivity index (χ1v) is 6.54. The molecule has 0 saturated heterocycles. The third-order valence-corrected chi connectivity index (χ3v) is 3.77. The van der Waals surface area contributed by atoms with Crippen LogP contribution in [0.4, 0.5) is 0 Å². The molecule has 1 aromatic rings. The molecule has 1 aliphatic carbocycles. The van der Waals surface area contributed by atoms with E-state index in [1.807, 2.05) is 12.1 Å². The summed E-state index contributed by atoms with van der Waals surface area (Å²) in [5.41, 5.74) is 3.76. The van der Waals surface area contributed by atoms with Crippen LogP contribution in [0.15, 0.2) is 35.9 Å². The fourth-order valence-electron chi connectivity index (χ4n) is 2.58. The standard InChI is InChI=1S/C15H16ClN/c16-10-9-12-1-5-14(6-2-12)15-7-3-13(11-17)4-8-15/h3-4,7-10,12,14H,1-2,5-6H2. The predicted molar refractivity (Wildman–Crippen MR) is 70.8 cm³/mol.